The summed E-state index contributed by atoms with van der Waals surface area (Å²) in [5.41, 5.74) is 0.285. The van der Waals surface area contributed by atoms with Crippen LogP contribution in [-0.4, -0.2) is 9.13 Å². The van der Waals surface area contributed by atoms with Crippen molar-refractivity contribution in [1.82, 2.24) is 9.13 Å². The van der Waals surface area contributed by atoms with Crippen LogP contribution in [0.2, 0.25) is 0 Å². The summed E-state index contributed by atoms with van der Waals surface area (Å²) in [5, 5.41) is -0.690. The first kappa shape index (κ1) is 13.2. The van der Waals surface area contributed by atoms with Gasteiger partial charge in [-0.15, -0.1) is 0 Å². The largest absolute Gasteiger partial charge is 0.309 e. The van der Waals surface area contributed by atoms with Crippen LogP contribution in [0.15, 0.2) is 169 Å². The Balaban J connectivity index is 1.42. The summed E-state index contributed by atoms with van der Waals surface area (Å²) >= 11 is 0. The normalized spacial score (nSPS) is 17.0. The summed E-state index contributed by atoms with van der Waals surface area (Å²) in [6.45, 7) is 0. The summed E-state index contributed by atoms with van der Waals surface area (Å²) in [7, 11) is 0. The summed E-state index contributed by atoms with van der Waals surface area (Å²) in [6.07, 6.45) is 0. The molecule has 0 amide bonds. The zero-order valence-corrected chi connectivity index (χ0v) is 22.7. The van der Waals surface area contributed by atoms with Crippen LogP contribution in [0.25, 0.3) is 77.2 Å². The molecule has 0 bridgehead atoms. The van der Waals surface area contributed by atoms with E-state index in [1.807, 2.05) is 0 Å². The number of nitrogens with zero attached hydrogens (tertiary/aromatic N) is 2. The Morgan fingerprint density at radius 2 is 0.886 bits per heavy atom. The Bertz CT molecular complexity index is 3400. The van der Waals surface area contributed by atoms with E-state index >= 15 is 0 Å². The standard InChI is InChI=1S/C42H28N2/c1-3-11-29(12-4-1)30-19-23-34(24-20-30)44-40-18-10-8-16-36(40)38-28-32(22-26-42(38)44)31-21-25-41-37(27-31)35-15-7-9-17-39(35)43(41)33-13-5-2-6-14-33/h1-28H/i1D,2D,7D,8D,9D,10D,13D,14D,15D,16D,18D,21D,22D,25D,26D,27D,28D. The second-order valence-electron chi connectivity index (χ2n) is 10.1. The third kappa shape index (κ3) is 3.82. The third-order valence-corrected chi connectivity index (χ3v) is 7.62. The van der Waals surface area contributed by atoms with Crippen molar-refractivity contribution in [2.75, 3.05) is 0 Å². The Morgan fingerprint density at radius 1 is 0.341 bits per heavy atom. The number of hydrogen-bond acceptors (Lipinski definition) is 0. The molecule has 0 radical (unpaired) electrons. The minimum atomic E-state index is -0.708. The summed E-state index contributed by atoms with van der Waals surface area (Å²) in [5.74, 6) is 0. The fourth-order valence-electron chi connectivity index (χ4n) is 5.64. The van der Waals surface area contributed by atoms with Gasteiger partial charge in [-0.1, -0.05) is 109 Å². The topological polar surface area (TPSA) is 9.86 Å². The van der Waals surface area contributed by atoms with Gasteiger partial charge in [0.2, 0.25) is 0 Å². The second-order valence-corrected chi connectivity index (χ2v) is 10.1. The first-order chi connectivity index (χ1) is 28.9. The van der Waals surface area contributed by atoms with Crippen LogP contribution in [0.4, 0.5) is 0 Å². The van der Waals surface area contributed by atoms with Crippen LogP contribution < -0.4 is 0 Å². The predicted octanol–water partition coefficient (Wildman–Crippen LogP) is 11.2. The molecule has 0 aliphatic heterocycles. The lowest BCUT2D eigenvalue weighted by molar-refractivity contribution is 1.18. The highest BCUT2D eigenvalue weighted by Crippen LogP contribution is 2.38. The van der Waals surface area contributed by atoms with E-state index in [4.69, 9.17) is 15.1 Å². The molecule has 0 atom stereocenters. The van der Waals surface area contributed by atoms with E-state index < -0.39 is 89.7 Å². The molecule has 2 heteroatoms. The van der Waals surface area contributed by atoms with E-state index in [9.17, 15) is 8.22 Å². The quantitative estimate of drug-likeness (QED) is 0.197. The predicted molar refractivity (Wildman–Crippen MR) is 186 cm³/mol. The minimum Gasteiger partial charge on any atom is -0.309 e. The van der Waals surface area contributed by atoms with Crippen LogP contribution in [0.5, 0.6) is 0 Å². The SMILES string of the molecule is [2H]c1ccc(-c2ccc(-n3c4c([2H])c([2H])c([2H])c([2H])c4c4c([2H])c(-c5c([2H])c([2H])c6c(c5[2H])c5c([2H])c([2H])c([2H])cc5n6-c5c([2H])cc([2H])cc5[2H])c([2H])c([2H])c43)cc2)cc1. The van der Waals surface area contributed by atoms with Crippen molar-refractivity contribution >= 4 is 43.6 Å². The summed E-state index contributed by atoms with van der Waals surface area (Å²) < 4.78 is 154. The fourth-order valence-corrected chi connectivity index (χ4v) is 5.64. The van der Waals surface area contributed by atoms with Crippen LogP contribution in [-0.2, 0) is 0 Å². The second kappa shape index (κ2) is 9.86. The van der Waals surface area contributed by atoms with Crippen molar-refractivity contribution < 1.29 is 23.3 Å². The van der Waals surface area contributed by atoms with Gasteiger partial charge in [-0.3, -0.25) is 0 Å². The zero-order valence-electron chi connectivity index (χ0n) is 39.7. The van der Waals surface area contributed by atoms with E-state index in [0.717, 1.165) is 23.3 Å². The fraction of sp³-hybridized carbons (Fsp3) is 0. The molecule has 0 saturated heterocycles. The van der Waals surface area contributed by atoms with Crippen LogP contribution in [0.1, 0.15) is 23.3 Å². The summed E-state index contributed by atoms with van der Waals surface area (Å²) in [6, 6.07) is 9.17. The number of para-hydroxylation sites is 3. The van der Waals surface area contributed by atoms with E-state index in [0.29, 0.717) is 11.7 Å². The minimum absolute atomic E-state index is 0.0356. The van der Waals surface area contributed by atoms with Crippen LogP contribution >= 0.6 is 0 Å². The molecule has 0 saturated carbocycles. The number of hydrogen-bond donors (Lipinski definition) is 0. The Labute approximate surface area is 279 Å². The molecule has 0 aliphatic rings. The molecular weight excluding hydrogens is 532 g/mol. The van der Waals surface area contributed by atoms with Gasteiger partial charge in [-0.05, 0) is 82.7 Å². The molecular formula is C42H28N2. The first-order valence-electron chi connectivity index (χ1n) is 22.2. The molecule has 0 fully saturated rings. The lowest BCUT2D eigenvalue weighted by atomic mass is 10.0. The smallest absolute Gasteiger partial charge is 0.0645 e. The Hall–Kier alpha value is -5.86. The molecule has 0 spiro atoms. The summed E-state index contributed by atoms with van der Waals surface area (Å²) in [4.78, 5) is 0. The molecule has 0 aliphatic carbocycles. The van der Waals surface area contributed by atoms with Gasteiger partial charge in [0.1, 0.15) is 0 Å². The molecule has 0 unspecified atom stereocenters. The number of benzene rings is 7. The maximum atomic E-state index is 9.71. The third-order valence-electron chi connectivity index (χ3n) is 7.62. The van der Waals surface area contributed by atoms with E-state index in [1.165, 1.54) is 15.2 Å². The van der Waals surface area contributed by atoms with Gasteiger partial charge >= 0.3 is 0 Å². The van der Waals surface area contributed by atoms with Gasteiger partial charge < -0.3 is 9.13 Å². The molecule has 206 valence electrons. The maximum absolute atomic E-state index is 9.71. The monoisotopic (exact) mass is 577 g/mol. The van der Waals surface area contributed by atoms with E-state index in [2.05, 4.69) is 0 Å². The zero-order chi connectivity index (χ0) is 43.8. The van der Waals surface area contributed by atoms with E-state index in [1.54, 1.807) is 48.5 Å². The van der Waals surface area contributed by atoms with Crippen molar-refractivity contribution in [2.45, 2.75) is 0 Å². The average molecular weight is 578 g/mol. The lowest BCUT2D eigenvalue weighted by Gasteiger charge is -2.10. The van der Waals surface area contributed by atoms with Gasteiger partial charge in [0.15, 0.2) is 0 Å². The molecule has 7 aromatic carbocycles. The molecule has 9 rings (SSSR count). The molecule has 2 aromatic heterocycles. The molecule has 2 heterocycles. The Morgan fingerprint density at radius 3 is 1.59 bits per heavy atom. The highest BCUT2D eigenvalue weighted by atomic mass is 15.0. The van der Waals surface area contributed by atoms with E-state index in [-0.39, 0.29) is 67.4 Å². The Kier molecular flexibility index (Phi) is 2.96. The van der Waals surface area contributed by atoms with Crippen molar-refractivity contribution in [1.29, 1.82) is 0 Å². The van der Waals surface area contributed by atoms with Crippen molar-refractivity contribution in [3.8, 4) is 33.6 Å². The highest BCUT2D eigenvalue weighted by molar-refractivity contribution is 6.12. The van der Waals surface area contributed by atoms with Gasteiger partial charge in [0.05, 0.1) is 45.4 Å². The highest BCUT2D eigenvalue weighted by Gasteiger charge is 2.16. The van der Waals surface area contributed by atoms with Crippen LogP contribution in [0.3, 0.4) is 0 Å². The molecule has 44 heavy (non-hydrogen) atoms. The number of rotatable bonds is 4. The number of aromatic nitrogens is 2. The lowest BCUT2D eigenvalue weighted by Crippen LogP contribution is -1.93. The van der Waals surface area contributed by atoms with Crippen LogP contribution in [0, 0.1) is 0 Å². The van der Waals surface area contributed by atoms with Crippen molar-refractivity contribution in [2.24, 2.45) is 0 Å². The molecule has 2 nitrogen and oxygen atoms in total. The van der Waals surface area contributed by atoms with Gasteiger partial charge in [0, 0.05) is 32.9 Å². The van der Waals surface area contributed by atoms with Gasteiger partial charge in [0.25, 0.3) is 0 Å². The van der Waals surface area contributed by atoms with Gasteiger partial charge in [-0.25, -0.2) is 0 Å². The molecule has 0 N–H and O–H groups in total. The average Bonchev–Trinajstić information content (AvgIpc) is 3.76. The van der Waals surface area contributed by atoms with Crippen molar-refractivity contribution in [3.63, 3.8) is 0 Å². The van der Waals surface area contributed by atoms with Crippen molar-refractivity contribution in [3.05, 3.63) is 169 Å². The number of fused-ring (bicyclic) bond motifs is 6. The van der Waals surface area contributed by atoms with Gasteiger partial charge in [-0.2, -0.15) is 0 Å². The molecule has 9 aromatic rings. The maximum Gasteiger partial charge on any atom is 0.0645 e. The first-order valence-corrected chi connectivity index (χ1v) is 13.7.